The van der Waals surface area contributed by atoms with E-state index in [1.165, 1.54) is 36.9 Å². The van der Waals surface area contributed by atoms with Crippen LogP contribution in [-0.4, -0.2) is 22.2 Å². The first kappa shape index (κ1) is 15.6. The summed E-state index contributed by atoms with van der Waals surface area (Å²) in [5, 5.41) is 1.14. The summed E-state index contributed by atoms with van der Waals surface area (Å²) in [7, 11) is 0. The highest BCUT2D eigenvalue weighted by Gasteiger charge is 2.24. The number of pyridine rings is 1. The maximum Gasteiger partial charge on any atom is 0.0959 e. The second-order valence-electron chi connectivity index (χ2n) is 5.83. The molecule has 22 heavy (non-hydrogen) atoms. The third-order valence-corrected chi connectivity index (χ3v) is 5.10. The second kappa shape index (κ2) is 7.80. The van der Waals surface area contributed by atoms with Crippen LogP contribution in [0, 0.1) is 0 Å². The lowest BCUT2D eigenvalue weighted by Gasteiger charge is -2.36. The number of hydrogen-bond donors (Lipinski definition) is 0. The number of rotatable bonds is 5. The van der Waals surface area contributed by atoms with Crippen LogP contribution in [0.25, 0.3) is 0 Å². The van der Waals surface area contributed by atoms with Crippen molar-refractivity contribution in [1.82, 2.24) is 9.88 Å². The molecule has 3 heteroatoms. The summed E-state index contributed by atoms with van der Waals surface area (Å²) < 4.78 is 0. The van der Waals surface area contributed by atoms with Crippen LogP contribution in [-0.2, 0) is 6.54 Å². The molecule has 2 aromatic rings. The summed E-state index contributed by atoms with van der Waals surface area (Å²) in [6, 6.07) is 15.8. The molecular formula is C19H24N2S. The quantitative estimate of drug-likeness (QED) is 0.729. The Balaban J connectivity index is 1.74. The molecule has 1 aliphatic rings. The summed E-state index contributed by atoms with van der Waals surface area (Å²) in [6.07, 6.45) is 5.96. The Morgan fingerprint density at radius 2 is 2.00 bits per heavy atom. The molecule has 1 aromatic carbocycles. The topological polar surface area (TPSA) is 16.1 Å². The molecule has 0 radical (unpaired) electrons. The van der Waals surface area contributed by atoms with Crippen LogP contribution in [0.1, 0.15) is 43.4 Å². The van der Waals surface area contributed by atoms with Crippen molar-refractivity contribution in [2.24, 2.45) is 0 Å². The van der Waals surface area contributed by atoms with Crippen LogP contribution in [0.5, 0.6) is 0 Å². The van der Waals surface area contributed by atoms with E-state index in [0.717, 1.165) is 17.3 Å². The smallest absolute Gasteiger partial charge is 0.0959 e. The van der Waals surface area contributed by atoms with Crippen molar-refractivity contribution in [1.29, 1.82) is 0 Å². The van der Waals surface area contributed by atoms with Gasteiger partial charge in [0.05, 0.1) is 5.03 Å². The highest BCUT2D eigenvalue weighted by molar-refractivity contribution is 7.99. The van der Waals surface area contributed by atoms with Gasteiger partial charge in [-0.1, -0.05) is 49.7 Å². The van der Waals surface area contributed by atoms with Crippen molar-refractivity contribution in [3.63, 3.8) is 0 Å². The Bertz CT molecular complexity index is 568. The zero-order valence-corrected chi connectivity index (χ0v) is 14.1. The Hall–Kier alpha value is -1.32. The molecule has 1 aliphatic heterocycles. The molecule has 2 heterocycles. The third-order valence-electron chi connectivity index (χ3n) is 4.28. The molecule has 3 rings (SSSR count). The van der Waals surface area contributed by atoms with Gasteiger partial charge in [0.2, 0.25) is 0 Å². The Morgan fingerprint density at radius 3 is 2.73 bits per heavy atom. The average Bonchev–Trinajstić information content (AvgIpc) is 2.58. The maximum absolute atomic E-state index is 4.62. The van der Waals surface area contributed by atoms with Gasteiger partial charge >= 0.3 is 0 Å². The number of likely N-dealkylation sites (tertiary alicyclic amines) is 1. The summed E-state index contributed by atoms with van der Waals surface area (Å²) >= 11 is 1.81. The van der Waals surface area contributed by atoms with Gasteiger partial charge in [-0.25, -0.2) is 4.98 Å². The van der Waals surface area contributed by atoms with Gasteiger partial charge in [0, 0.05) is 18.8 Å². The van der Waals surface area contributed by atoms with Crippen LogP contribution in [0.4, 0.5) is 0 Å². The van der Waals surface area contributed by atoms with Gasteiger partial charge in [0.25, 0.3) is 0 Å². The van der Waals surface area contributed by atoms with E-state index in [-0.39, 0.29) is 0 Å². The molecule has 1 unspecified atom stereocenters. The number of benzene rings is 1. The number of hydrogen-bond acceptors (Lipinski definition) is 3. The van der Waals surface area contributed by atoms with E-state index >= 15 is 0 Å². The minimum absolute atomic E-state index is 0.516. The molecule has 1 atom stereocenters. The molecule has 1 aromatic heterocycles. The predicted octanol–water partition coefficient (Wildman–Crippen LogP) is 4.92. The van der Waals surface area contributed by atoms with Gasteiger partial charge in [-0.15, -0.1) is 11.8 Å². The molecule has 0 aliphatic carbocycles. The minimum Gasteiger partial charge on any atom is -0.292 e. The molecule has 116 valence electrons. The van der Waals surface area contributed by atoms with Gasteiger partial charge in [0.15, 0.2) is 0 Å². The van der Waals surface area contributed by atoms with Crippen LogP contribution in [0.15, 0.2) is 53.7 Å². The normalized spacial score (nSPS) is 19.2. The Morgan fingerprint density at radius 1 is 1.14 bits per heavy atom. The van der Waals surface area contributed by atoms with Gasteiger partial charge < -0.3 is 0 Å². The monoisotopic (exact) mass is 312 g/mol. The van der Waals surface area contributed by atoms with Crippen molar-refractivity contribution in [3.8, 4) is 0 Å². The highest BCUT2D eigenvalue weighted by Crippen LogP contribution is 2.32. The molecule has 0 amide bonds. The van der Waals surface area contributed by atoms with Crippen LogP contribution < -0.4 is 0 Å². The first-order chi connectivity index (χ1) is 10.9. The molecule has 1 fully saturated rings. The van der Waals surface area contributed by atoms with E-state index in [0.29, 0.717) is 6.04 Å². The molecule has 2 nitrogen and oxygen atoms in total. The third kappa shape index (κ3) is 3.90. The van der Waals surface area contributed by atoms with E-state index in [1.54, 1.807) is 0 Å². The summed E-state index contributed by atoms with van der Waals surface area (Å²) in [4.78, 5) is 7.23. The minimum atomic E-state index is 0.516. The highest BCUT2D eigenvalue weighted by atomic mass is 32.2. The van der Waals surface area contributed by atoms with Crippen LogP contribution in [0.3, 0.4) is 0 Å². The van der Waals surface area contributed by atoms with Crippen molar-refractivity contribution >= 4 is 11.8 Å². The van der Waals surface area contributed by atoms with Crippen molar-refractivity contribution < 1.29 is 0 Å². The van der Waals surface area contributed by atoms with Crippen molar-refractivity contribution in [2.45, 2.75) is 43.8 Å². The first-order valence-electron chi connectivity index (χ1n) is 8.23. The SMILES string of the molecule is CCSc1ccc(C2CCCCN2Cc2ccccc2)cn1. The van der Waals surface area contributed by atoms with E-state index in [1.807, 2.05) is 11.8 Å². The zero-order chi connectivity index (χ0) is 15.2. The van der Waals surface area contributed by atoms with Crippen molar-refractivity contribution in [2.75, 3.05) is 12.3 Å². The van der Waals surface area contributed by atoms with Crippen molar-refractivity contribution in [3.05, 3.63) is 59.8 Å². The molecule has 1 saturated heterocycles. The lowest BCUT2D eigenvalue weighted by Crippen LogP contribution is -2.33. The molecule has 0 saturated carbocycles. The maximum atomic E-state index is 4.62. The molecule has 0 spiro atoms. The van der Waals surface area contributed by atoms with E-state index in [9.17, 15) is 0 Å². The summed E-state index contributed by atoms with van der Waals surface area (Å²) in [5.41, 5.74) is 2.77. The second-order valence-corrected chi connectivity index (χ2v) is 7.11. The molecule has 0 N–H and O–H groups in total. The molecular weight excluding hydrogens is 288 g/mol. The fraction of sp³-hybridized carbons (Fsp3) is 0.421. The van der Waals surface area contributed by atoms with E-state index in [2.05, 4.69) is 65.5 Å². The lowest BCUT2D eigenvalue weighted by atomic mass is 9.96. The van der Waals surface area contributed by atoms with E-state index in [4.69, 9.17) is 0 Å². The fourth-order valence-electron chi connectivity index (χ4n) is 3.20. The number of thioether (sulfide) groups is 1. The lowest BCUT2D eigenvalue weighted by molar-refractivity contribution is 0.140. The zero-order valence-electron chi connectivity index (χ0n) is 13.2. The first-order valence-corrected chi connectivity index (χ1v) is 9.22. The average molecular weight is 312 g/mol. The number of aromatic nitrogens is 1. The van der Waals surface area contributed by atoms with Gasteiger partial charge in [0.1, 0.15) is 0 Å². The van der Waals surface area contributed by atoms with Gasteiger partial charge in [-0.2, -0.15) is 0 Å². The fourth-order valence-corrected chi connectivity index (χ4v) is 3.79. The largest absolute Gasteiger partial charge is 0.292 e. The van der Waals surface area contributed by atoms with Crippen LogP contribution >= 0.6 is 11.8 Å². The summed E-state index contributed by atoms with van der Waals surface area (Å²) in [5.74, 6) is 1.08. The van der Waals surface area contributed by atoms with E-state index < -0.39 is 0 Å². The van der Waals surface area contributed by atoms with Crippen LogP contribution in [0.2, 0.25) is 0 Å². The Labute approximate surface area is 138 Å². The summed E-state index contributed by atoms with van der Waals surface area (Å²) in [6.45, 7) is 4.39. The Kier molecular flexibility index (Phi) is 5.52. The van der Waals surface area contributed by atoms with Gasteiger partial charge in [-0.3, -0.25) is 4.90 Å². The number of piperidine rings is 1. The molecule has 0 bridgehead atoms. The van der Waals surface area contributed by atoms with Gasteiger partial charge in [-0.05, 0) is 42.3 Å². The predicted molar refractivity (Wildman–Crippen MR) is 94.1 cm³/mol. The standard InChI is InChI=1S/C19H24N2S/c1-2-22-19-12-11-17(14-20-19)18-10-6-7-13-21(18)15-16-8-4-3-5-9-16/h3-5,8-9,11-12,14,18H,2,6-7,10,13,15H2,1H3. The number of nitrogens with zero attached hydrogens (tertiary/aromatic N) is 2.